The van der Waals surface area contributed by atoms with Crippen LogP contribution in [0.5, 0.6) is 0 Å². The Bertz CT molecular complexity index is 684. The molecule has 1 aliphatic heterocycles. The minimum absolute atomic E-state index is 0.00999. The summed E-state index contributed by atoms with van der Waals surface area (Å²) in [6.45, 7) is 4.43. The van der Waals surface area contributed by atoms with Gasteiger partial charge in [0.05, 0.1) is 5.92 Å². The lowest BCUT2D eigenvalue weighted by Gasteiger charge is -2.35. The molecule has 31 heavy (non-hydrogen) atoms. The highest BCUT2D eigenvalue weighted by Crippen LogP contribution is 2.31. The summed E-state index contributed by atoms with van der Waals surface area (Å²) in [5.74, 6) is 0.0741. The van der Waals surface area contributed by atoms with Crippen molar-refractivity contribution >= 4 is 17.6 Å². The Morgan fingerprint density at radius 1 is 1.00 bits per heavy atom. The van der Waals surface area contributed by atoms with Gasteiger partial charge in [-0.25, -0.2) is 0 Å². The van der Waals surface area contributed by atoms with Gasteiger partial charge in [-0.2, -0.15) is 0 Å². The predicted molar refractivity (Wildman–Crippen MR) is 127 cm³/mol. The lowest BCUT2D eigenvalue weighted by Crippen LogP contribution is -2.44. The van der Waals surface area contributed by atoms with E-state index in [0.717, 1.165) is 50.6 Å². The summed E-state index contributed by atoms with van der Waals surface area (Å²) in [5.41, 5.74) is 1.77. The summed E-state index contributed by atoms with van der Waals surface area (Å²) < 4.78 is 5.37. The fraction of sp³-hybridized carbons (Fsp3) is 0.615. The molecule has 0 radical (unpaired) electrons. The van der Waals surface area contributed by atoms with Crippen LogP contribution >= 0.6 is 0 Å². The number of nitrogens with one attached hydrogen (secondary N) is 1. The van der Waals surface area contributed by atoms with Gasteiger partial charge in [-0.1, -0.05) is 38.2 Å². The van der Waals surface area contributed by atoms with Crippen molar-refractivity contribution in [1.29, 1.82) is 0 Å². The molecule has 1 saturated heterocycles. The summed E-state index contributed by atoms with van der Waals surface area (Å²) in [4.78, 5) is 26.0. The molecule has 2 rings (SSSR count). The van der Waals surface area contributed by atoms with Gasteiger partial charge in [0.25, 0.3) is 5.91 Å². The molecule has 0 bridgehead atoms. The van der Waals surface area contributed by atoms with Crippen LogP contribution in [0.15, 0.2) is 36.9 Å². The van der Waals surface area contributed by atoms with Crippen molar-refractivity contribution in [2.24, 2.45) is 5.92 Å². The molecule has 1 aromatic carbocycles. The van der Waals surface area contributed by atoms with Crippen LogP contribution in [0.1, 0.15) is 81.0 Å². The molecule has 1 aromatic rings. The van der Waals surface area contributed by atoms with E-state index in [2.05, 4.69) is 11.9 Å². The van der Waals surface area contributed by atoms with Crippen LogP contribution in [0, 0.1) is 5.92 Å². The number of hydrogen-bond acceptors (Lipinski definition) is 4. The smallest absolute Gasteiger partial charge is 0.313 e. The first kappa shape index (κ1) is 25.0. The first-order valence-electron chi connectivity index (χ1n) is 11.9. The molecule has 1 amide bonds. The number of esters is 1. The molecule has 5 heteroatoms. The number of anilines is 1. The van der Waals surface area contributed by atoms with Crippen molar-refractivity contribution in [1.82, 2.24) is 5.32 Å². The fourth-order valence-corrected chi connectivity index (χ4v) is 4.01. The molecule has 5 nitrogen and oxygen atoms in total. The van der Waals surface area contributed by atoms with Crippen LogP contribution in [0.25, 0.3) is 0 Å². The SMILES string of the molecule is C=CCCCCCCC[C@H]1C(=O)O[C@@H]1CCCCCNC(=O)c1ccc(N(C)C)cc1. The molecular formula is C26H40N2O3. The number of benzene rings is 1. The van der Waals surface area contributed by atoms with Crippen LogP contribution in [0.4, 0.5) is 5.69 Å². The van der Waals surface area contributed by atoms with E-state index >= 15 is 0 Å². The Labute approximate surface area is 188 Å². The third-order valence-corrected chi connectivity index (χ3v) is 6.04. The number of allylic oxidation sites excluding steroid dienone is 1. The summed E-state index contributed by atoms with van der Waals surface area (Å²) in [6, 6.07) is 7.62. The van der Waals surface area contributed by atoms with Crippen molar-refractivity contribution in [3.05, 3.63) is 42.5 Å². The number of amides is 1. The predicted octanol–water partition coefficient (Wildman–Crippen LogP) is 5.50. The summed E-state index contributed by atoms with van der Waals surface area (Å²) >= 11 is 0. The highest BCUT2D eigenvalue weighted by atomic mass is 16.6. The number of unbranched alkanes of at least 4 members (excludes halogenated alkanes) is 7. The number of ether oxygens (including phenoxy) is 1. The van der Waals surface area contributed by atoms with E-state index in [1.54, 1.807) is 0 Å². The molecule has 0 unspecified atom stereocenters. The summed E-state index contributed by atoms with van der Waals surface area (Å²) in [6.07, 6.45) is 14.1. The standard InChI is InChI=1S/C26H40N2O3/c1-4-5-6-7-8-9-11-14-23-24(31-26(23)30)15-12-10-13-20-27-25(29)21-16-18-22(19-17-21)28(2)3/h4,16-19,23-24H,1,5-15,20H2,2-3H3,(H,27,29)/t23-,24-/m1/s1. The average molecular weight is 429 g/mol. The topological polar surface area (TPSA) is 58.6 Å². The van der Waals surface area contributed by atoms with E-state index in [1.807, 2.05) is 49.3 Å². The van der Waals surface area contributed by atoms with Gasteiger partial charge < -0.3 is 15.0 Å². The number of rotatable bonds is 16. The highest BCUT2D eigenvalue weighted by Gasteiger charge is 2.40. The van der Waals surface area contributed by atoms with Gasteiger partial charge in [-0.3, -0.25) is 9.59 Å². The minimum atomic E-state index is -0.0252. The van der Waals surface area contributed by atoms with Gasteiger partial charge in [-0.05, 0) is 62.8 Å². The Kier molecular flexibility index (Phi) is 11.2. The zero-order chi connectivity index (χ0) is 22.5. The molecule has 1 fully saturated rings. The van der Waals surface area contributed by atoms with Crippen molar-refractivity contribution in [2.75, 3.05) is 25.5 Å². The second-order valence-electron chi connectivity index (χ2n) is 8.76. The van der Waals surface area contributed by atoms with Gasteiger partial charge in [0.15, 0.2) is 0 Å². The van der Waals surface area contributed by atoms with E-state index in [-0.39, 0.29) is 23.9 Å². The third kappa shape index (κ3) is 8.76. The van der Waals surface area contributed by atoms with Gasteiger partial charge in [-0.15, -0.1) is 6.58 Å². The normalized spacial score (nSPS) is 17.5. The Hall–Kier alpha value is -2.30. The van der Waals surface area contributed by atoms with Crippen molar-refractivity contribution in [3.63, 3.8) is 0 Å². The van der Waals surface area contributed by atoms with Gasteiger partial charge in [0, 0.05) is 31.9 Å². The van der Waals surface area contributed by atoms with Gasteiger partial charge in [0.1, 0.15) is 6.10 Å². The number of nitrogens with zero attached hydrogens (tertiary/aromatic N) is 1. The zero-order valence-corrected chi connectivity index (χ0v) is 19.4. The fourth-order valence-electron chi connectivity index (χ4n) is 4.01. The molecule has 2 atom stereocenters. The van der Waals surface area contributed by atoms with Crippen LogP contribution in [0.2, 0.25) is 0 Å². The number of cyclic esters (lactones) is 1. The molecule has 172 valence electrons. The maximum absolute atomic E-state index is 12.2. The zero-order valence-electron chi connectivity index (χ0n) is 19.4. The van der Waals surface area contributed by atoms with E-state index in [9.17, 15) is 9.59 Å². The maximum Gasteiger partial charge on any atom is 0.313 e. The van der Waals surface area contributed by atoms with E-state index in [4.69, 9.17) is 4.74 Å². The van der Waals surface area contributed by atoms with Crippen molar-refractivity contribution in [3.8, 4) is 0 Å². The number of carbonyl (C=O) groups is 2. The average Bonchev–Trinajstić information content (AvgIpc) is 2.76. The molecule has 0 aromatic heterocycles. The number of hydrogen-bond donors (Lipinski definition) is 1. The minimum Gasteiger partial charge on any atom is -0.461 e. The molecule has 1 N–H and O–H groups in total. The van der Waals surface area contributed by atoms with E-state index in [1.165, 1.54) is 25.7 Å². The summed E-state index contributed by atoms with van der Waals surface area (Å²) in [5, 5.41) is 2.99. The third-order valence-electron chi connectivity index (χ3n) is 6.04. The molecular weight excluding hydrogens is 388 g/mol. The van der Waals surface area contributed by atoms with Crippen molar-refractivity contribution in [2.45, 2.75) is 76.7 Å². The lowest BCUT2D eigenvalue weighted by molar-refractivity contribution is -0.186. The first-order valence-corrected chi connectivity index (χ1v) is 11.9. The second-order valence-corrected chi connectivity index (χ2v) is 8.76. The van der Waals surface area contributed by atoms with Crippen LogP contribution in [-0.2, 0) is 9.53 Å². The van der Waals surface area contributed by atoms with Crippen molar-refractivity contribution < 1.29 is 14.3 Å². The Balaban J connectivity index is 1.51. The lowest BCUT2D eigenvalue weighted by atomic mass is 9.87. The highest BCUT2D eigenvalue weighted by molar-refractivity contribution is 5.94. The number of carbonyl (C=O) groups excluding carboxylic acids is 2. The maximum atomic E-state index is 12.2. The van der Waals surface area contributed by atoms with E-state index < -0.39 is 0 Å². The largest absolute Gasteiger partial charge is 0.461 e. The van der Waals surface area contributed by atoms with Crippen LogP contribution in [-0.4, -0.2) is 38.6 Å². The molecule has 1 aliphatic rings. The molecule has 0 spiro atoms. The monoisotopic (exact) mass is 428 g/mol. The second kappa shape index (κ2) is 13.9. The van der Waals surface area contributed by atoms with Gasteiger partial charge in [0.2, 0.25) is 0 Å². The Morgan fingerprint density at radius 2 is 1.65 bits per heavy atom. The van der Waals surface area contributed by atoms with E-state index in [0.29, 0.717) is 12.1 Å². The first-order chi connectivity index (χ1) is 15.0. The van der Waals surface area contributed by atoms with Crippen LogP contribution < -0.4 is 10.2 Å². The Morgan fingerprint density at radius 3 is 2.32 bits per heavy atom. The van der Waals surface area contributed by atoms with Crippen LogP contribution in [0.3, 0.4) is 0 Å². The summed E-state index contributed by atoms with van der Waals surface area (Å²) in [7, 11) is 3.96. The molecule has 0 saturated carbocycles. The quantitative estimate of drug-likeness (QED) is 0.214. The molecule has 1 heterocycles. The van der Waals surface area contributed by atoms with Gasteiger partial charge >= 0.3 is 5.97 Å². The molecule has 0 aliphatic carbocycles.